The van der Waals surface area contributed by atoms with E-state index in [0.717, 1.165) is 30.5 Å². The number of ether oxygens (including phenoxy) is 1. The summed E-state index contributed by atoms with van der Waals surface area (Å²) in [4.78, 5) is 28.6. The lowest BCUT2D eigenvalue weighted by molar-refractivity contribution is -0.128. The minimum Gasteiger partial charge on any atom is -0.442 e. The Kier molecular flexibility index (Phi) is 4.25. The van der Waals surface area contributed by atoms with Gasteiger partial charge < -0.3 is 4.74 Å². The van der Waals surface area contributed by atoms with Crippen molar-refractivity contribution in [3.8, 4) is 23.7 Å². The first-order valence-electron chi connectivity index (χ1n) is 11.4. The molecule has 31 heavy (non-hydrogen) atoms. The average Bonchev–Trinajstić information content (AvgIpc) is 2.72. The number of fused-ring (bicyclic) bond motifs is 4. The predicted octanol–water partition coefficient (Wildman–Crippen LogP) is 4.60. The van der Waals surface area contributed by atoms with Crippen molar-refractivity contribution in [1.29, 1.82) is 0 Å². The highest BCUT2D eigenvalue weighted by Crippen LogP contribution is 2.57. The molecule has 1 aliphatic heterocycles. The number of hydrogen-bond acceptors (Lipinski definition) is 3. The van der Waals surface area contributed by atoms with E-state index < -0.39 is 12.1 Å². The van der Waals surface area contributed by atoms with E-state index in [9.17, 15) is 9.59 Å². The van der Waals surface area contributed by atoms with Gasteiger partial charge in [-0.05, 0) is 80.1 Å². The molecule has 1 aromatic rings. The van der Waals surface area contributed by atoms with E-state index in [0.29, 0.717) is 24.2 Å². The molecular weight excluding hydrogens is 386 g/mol. The molecule has 1 amide bonds. The zero-order chi connectivity index (χ0) is 21.0. The van der Waals surface area contributed by atoms with Crippen LogP contribution in [0, 0.1) is 41.4 Å². The first kappa shape index (κ1) is 18.8. The van der Waals surface area contributed by atoms with Crippen molar-refractivity contribution in [2.24, 2.45) is 17.8 Å². The summed E-state index contributed by atoms with van der Waals surface area (Å²) in [5, 5.41) is 0. The smallest absolute Gasteiger partial charge is 0.416 e. The van der Waals surface area contributed by atoms with E-state index in [-0.39, 0.29) is 17.3 Å². The number of ketones is 1. The number of carbonyl (C=O) groups excluding carboxylic acids is 2. The summed E-state index contributed by atoms with van der Waals surface area (Å²) in [6.07, 6.45) is 10.1. The van der Waals surface area contributed by atoms with Gasteiger partial charge in [-0.25, -0.2) is 4.79 Å². The average molecular weight is 412 g/mol. The van der Waals surface area contributed by atoms with Gasteiger partial charge in [0.15, 0.2) is 11.8 Å². The summed E-state index contributed by atoms with van der Waals surface area (Å²) in [7, 11) is 0. The largest absolute Gasteiger partial charge is 0.442 e. The van der Waals surface area contributed by atoms with Crippen LogP contribution in [-0.2, 0) is 9.53 Å². The Bertz CT molecular complexity index is 1070. The summed E-state index contributed by atoms with van der Waals surface area (Å²) in [6, 6.07) is 6.80. The molecule has 0 radical (unpaired) electrons. The van der Waals surface area contributed by atoms with Crippen molar-refractivity contribution in [2.75, 3.05) is 4.90 Å². The Morgan fingerprint density at radius 3 is 2.42 bits per heavy atom. The van der Waals surface area contributed by atoms with Gasteiger partial charge >= 0.3 is 6.09 Å². The molecule has 0 unspecified atom stereocenters. The second kappa shape index (κ2) is 7.03. The van der Waals surface area contributed by atoms with Crippen LogP contribution < -0.4 is 4.90 Å². The molecule has 4 nitrogen and oxygen atoms in total. The molecule has 156 valence electrons. The fourth-order valence-corrected chi connectivity index (χ4v) is 6.98. The normalized spacial score (nSPS) is 37.6. The van der Waals surface area contributed by atoms with Gasteiger partial charge in [-0.1, -0.05) is 41.9 Å². The minimum absolute atomic E-state index is 0.0711. The van der Waals surface area contributed by atoms with Gasteiger partial charge in [0.05, 0.1) is 11.6 Å². The van der Waals surface area contributed by atoms with Crippen LogP contribution >= 0.6 is 0 Å². The molecule has 0 saturated heterocycles. The number of allylic oxidation sites excluding steroid dienone is 2. The lowest BCUT2D eigenvalue weighted by Gasteiger charge is -2.56. The molecule has 0 spiro atoms. The lowest BCUT2D eigenvalue weighted by atomic mass is 9.54. The third-order valence-electron chi connectivity index (χ3n) is 7.80. The van der Waals surface area contributed by atoms with E-state index in [1.807, 2.05) is 24.3 Å². The Hall–Kier alpha value is -2.98. The van der Waals surface area contributed by atoms with Crippen LogP contribution in [0.25, 0.3) is 0 Å². The number of para-hydroxylation sites is 1. The highest BCUT2D eigenvalue weighted by Gasteiger charge is 2.54. The van der Waals surface area contributed by atoms with Crippen LogP contribution in [0.15, 0.2) is 36.4 Å². The maximum absolute atomic E-state index is 13.7. The van der Waals surface area contributed by atoms with Crippen molar-refractivity contribution in [2.45, 2.75) is 62.5 Å². The summed E-state index contributed by atoms with van der Waals surface area (Å²) >= 11 is 0. The molecule has 2 atom stereocenters. The van der Waals surface area contributed by atoms with E-state index in [4.69, 9.17) is 4.74 Å². The van der Waals surface area contributed by atoms with Gasteiger partial charge in [-0.2, -0.15) is 0 Å². The van der Waals surface area contributed by atoms with Crippen molar-refractivity contribution in [3.05, 3.63) is 42.0 Å². The van der Waals surface area contributed by atoms with Crippen LogP contribution in [0.4, 0.5) is 10.5 Å². The van der Waals surface area contributed by atoms with Gasteiger partial charge in [0.1, 0.15) is 5.60 Å². The fourth-order valence-electron chi connectivity index (χ4n) is 6.98. The van der Waals surface area contributed by atoms with Crippen molar-refractivity contribution >= 4 is 17.6 Å². The SMILES string of the molecule is O=C1[C@H]2C#C/C=C\C#CC[C@@H]1c1ccccc1N2C(=O)OC12CC3CC(CC(C3)C1)C2. The topological polar surface area (TPSA) is 46.6 Å². The summed E-state index contributed by atoms with van der Waals surface area (Å²) < 4.78 is 6.34. The Balaban J connectivity index is 1.38. The van der Waals surface area contributed by atoms with Crippen LogP contribution in [-0.4, -0.2) is 23.5 Å². The highest BCUT2D eigenvalue weighted by atomic mass is 16.6. The summed E-state index contributed by atoms with van der Waals surface area (Å²) in [6.45, 7) is 0. The zero-order valence-corrected chi connectivity index (χ0v) is 17.5. The quantitative estimate of drug-likeness (QED) is 0.635. The van der Waals surface area contributed by atoms with Gasteiger partial charge in [0, 0.05) is 6.42 Å². The standard InChI is InChI=1S/C27H25NO3/c29-25-22-9-4-2-1-3-5-11-24(25)28(23-10-7-6-8-21(22)23)26(30)31-27-15-18-12-19(16-27)14-20(13-18)17-27/h1,3,6-8,10,18-20,22,24H,9,12-17H2/b3-1-/t18?,19?,20?,22-,24-,27?/m1/s1. The van der Waals surface area contributed by atoms with Crippen LogP contribution in [0.3, 0.4) is 0 Å². The molecule has 6 bridgehead atoms. The maximum atomic E-state index is 13.7. The minimum atomic E-state index is -0.842. The molecule has 1 heterocycles. The molecule has 5 aliphatic carbocycles. The van der Waals surface area contributed by atoms with Gasteiger partial charge in [-0.15, -0.1) is 0 Å². The number of carbonyl (C=O) groups is 2. The fraction of sp³-hybridized carbons (Fsp3) is 0.481. The number of benzene rings is 1. The molecule has 0 N–H and O–H groups in total. The molecule has 1 aromatic carbocycles. The predicted molar refractivity (Wildman–Crippen MR) is 117 cm³/mol. The Morgan fingerprint density at radius 1 is 1.00 bits per heavy atom. The summed E-state index contributed by atoms with van der Waals surface area (Å²) in [5.74, 6) is 13.5. The van der Waals surface area contributed by atoms with Crippen molar-refractivity contribution in [3.63, 3.8) is 0 Å². The van der Waals surface area contributed by atoms with E-state index in [1.165, 1.54) is 24.2 Å². The molecule has 4 saturated carbocycles. The monoisotopic (exact) mass is 411 g/mol. The van der Waals surface area contributed by atoms with E-state index in [1.54, 1.807) is 12.2 Å². The Morgan fingerprint density at radius 2 is 1.68 bits per heavy atom. The number of nitrogens with zero attached hydrogens (tertiary/aromatic N) is 1. The lowest BCUT2D eigenvalue weighted by Crippen LogP contribution is -2.57. The van der Waals surface area contributed by atoms with Crippen LogP contribution in [0.1, 0.15) is 56.4 Å². The molecule has 0 aromatic heterocycles. The number of amides is 1. The number of hydrogen-bond donors (Lipinski definition) is 0. The van der Waals surface area contributed by atoms with Gasteiger partial charge in [0.25, 0.3) is 0 Å². The molecule has 7 rings (SSSR count). The molecule has 4 fully saturated rings. The number of rotatable bonds is 1. The molecule has 6 aliphatic rings. The van der Waals surface area contributed by atoms with Crippen molar-refractivity contribution < 1.29 is 14.3 Å². The number of anilines is 1. The number of Topliss-reactive ketones (excluding diaryl/α,β-unsaturated/α-hetero) is 1. The highest BCUT2D eigenvalue weighted by molar-refractivity contribution is 6.07. The van der Waals surface area contributed by atoms with Gasteiger partial charge in [0.2, 0.25) is 0 Å². The third kappa shape index (κ3) is 3.09. The third-order valence-corrected chi connectivity index (χ3v) is 7.80. The summed E-state index contributed by atoms with van der Waals surface area (Å²) in [5.41, 5.74) is 1.20. The molecule has 4 heteroatoms. The van der Waals surface area contributed by atoms with E-state index in [2.05, 4.69) is 23.7 Å². The second-order valence-corrected chi connectivity index (χ2v) is 9.90. The van der Waals surface area contributed by atoms with E-state index >= 15 is 0 Å². The zero-order valence-electron chi connectivity index (χ0n) is 17.5. The van der Waals surface area contributed by atoms with Crippen LogP contribution in [0.5, 0.6) is 0 Å². The first-order chi connectivity index (χ1) is 15.1. The maximum Gasteiger partial charge on any atom is 0.416 e. The second-order valence-electron chi connectivity index (χ2n) is 9.90. The van der Waals surface area contributed by atoms with Gasteiger partial charge in [-0.3, -0.25) is 9.69 Å². The first-order valence-corrected chi connectivity index (χ1v) is 11.4. The van der Waals surface area contributed by atoms with Crippen molar-refractivity contribution in [1.82, 2.24) is 0 Å². The Labute approximate surface area is 183 Å². The van der Waals surface area contributed by atoms with Crippen LogP contribution in [0.2, 0.25) is 0 Å². The molecular formula is C27H25NO3.